The van der Waals surface area contributed by atoms with Crippen molar-refractivity contribution in [3.05, 3.63) is 10.1 Å². The summed E-state index contributed by atoms with van der Waals surface area (Å²) in [7, 11) is 0.970. The maximum Gasteiger partial charge on any atom is 0.481 e. The molecule has 1 aliphatic heterocycles. The van der Waals surface area contributed by atoms with Gasteiger partial charge in [0.15, 0.2) is 5.03 Å². The first-order chi connectivity index (χ1) is 20.8. The number of hydrogen-bond donors (Lipinski definition) is 4. The van der Waals surface area contributed by atoms with Crippen molar-refractivity contribution < 1.29 is 38.1 Å². The van der Waals surface area contributed by atoms with Crippen LogP contribution in [0.3, 0.4) is 0 Å². The minimum atomic E-state index is -0.912. The lowest BCUT2D eigenvalue weighted by atomic mass is 9.43. The Morgan fingerprint density at radius 3 is 2.50 bits per heavy atom. The Kier molecular flexibility index (Phi) is 13.2. The van der Waals surface area contributed by atoms with Gasteiger partial charge in [-0.3, -0.25) is 9.59 Å². The van der Waals surface area contributed by atoms with E-state index in [4.69, 9.17) is 29.3 Å². The van der Waals surface area contributed by atoms with Crippen molar-refractivity contribution in [1.82, 2.24) is 16.1 Å². The number of nitrogens with two attached hydrogens (primary N) is 1. The van der Waals surface area contributed by atoms with Gasteiger partial charge in [0.05, 0.1) is 44.1 Å². The van der Waals surface area contributed by atoms with E-state index in [1.54, 1.807) is 12.5 Å². The fraction of sp³-hybridized carbons (Fsp3) is 0.893. The van der Waals surface area contributed by atoms with Crippen LogP contribution in [0, 0.1) is 33.3 Å². The van der Waals surface area contributed by atoms with Gasteiger partial charge in [-0.05, 0) is 62.2 Å². The van der Waals surface area contributed by atoms with E-state index in [1.165, 1.54) is 0 Å². The Labute approximate surface area is 260 Å². The maximum absolute atomic E-state index is 13.7. The molecule has 1 saturated heterocycles. The largest absolute Gasteiger partial charge is 0.481 e. The van der Waals surface area contributed by atoms with Crippen LogP contribution in [-0.2, 0) is 33.1 Å². The number of ether oxygens (including phenoxy) is 3. The average Bonchev–Trinajstić information content (AvgIpc) is 3.30. The predicted octanol–water partition coefficient (Wildman–Crippen LogP) is 0.825. The molecule has 15 nitrogen and oxygen atoms in total. The highest BCUT2D eigenvalue weighted by atomic mass is 16.7. The Morgan fingerprint density at radius 1 is 1.14 bits per heavy atom. The third-order valence-electron chi connectivity index (χ3n) is 9.18. The Hall–Kier alpha value is -2.53. The molecule has 0 radical (unpaired) electrons. The van der Waals surface area contributed by atoms with Gasteiger partial charge in [0.1, 0.15) is 12.6 Å². The van der Waals surface area contributed by atoms with E-state index in [9.17, 15) is 19.7 Å². The fourth-order valence-corrected chi connectivity index (χ4v) is 6.76. The second-order valence-corrected chi connectivity index (χ2v) is 13.1. The third-order valence-corrected chi connectivity index (χ3v) is 9.18. The molecular weight excluding hydrogens is 575 g/mol. The number of amides is 2. The number of rotatable bonds is 19. The van der Waals surface area contributed by atoms with E-state index >= 15 is 0 Å². The highest BCUT2D eigenvalue weighted by Gasteiger charge is 2.68. The molecule has 0 aromatic heterocycles. The molecule has 44 heavy (non-hydrogen) atoms. The molecule has 2 bridgehead atoms. The van der Waals surface area contributed by atoms with Gasteiger partial charge in [-0.2, -0.15) is 0 Å². The second-order valence-electron chi connectivity index (χ2n) is 13.1. The van der Waals surface area contributed by atoms with Gasteiger partial charge >= 0.3 is 7.12 Å². The van der Waals surface area contributed by atoms with Gasteiger partial charge in [0, 0.05) is 13.7 Å². The lowest BCUT2D eigenvalue weighted by molar-refractivity contribution is -0.525. The highest BCUT2D eigenvalue weighted by molar-refractivity contribution is 6.48. The van der Waals surface area contributed by atoms with Crippen LogP contribution in [0.4, 0.5) is 0 Å². The van der Waals surface area contributed by atoms with E-state index in [1.807, 2.05) is 0 Å². The van der Waals surface area contributed by atoms with Crippen LogP contribution >= 0.6 is 0 Å². The smallest absolute Gasteiger partial charge is 0.404 e. The molecule has 0 unspecified atom stereocenters. The van der Waals surface area contributed by atoms with Gasteiger partial charge in [-0.15, -0.1) is 0 Å². The number of nitrogens with one attached hydrogen (secondary N) is 3. The van der Waals surface area contributed by atoms with E-state index in [0.717, 1.165) is 12.8 Å². The number of hydrazine groups is 1. The number of carbonyl (C=O) groups is 2. The second kappa shape index (κ2) is 16.2. The average molecular weight is 627 g/mol. The zero-order valence-electron chi connectivity index (χ0n) is 27.0. The van der Waals surface area contributed by atoms with Crippen LogP contribution in [0.1, 0.15) is 66.7 Å². The standard InChI is InChI=1S/C28H51BN6O9/c1-18(2)14-23(29-43-22-16-19-15-21(27(19,3)4)28(22,5)44-29)33-25(37)20(8-7-9-31-26(30)34-35(38)39)32-24(36)17-42-13-12-41-11-10-40-6/h18-23H,7-17H2,1-6H3,(H,32,36)(H,33,37)(H3,30,31,34)/t19-,20+,21-,22-,23+,28+/m1/s1. The lowest BCUT2D eigenvalue weighted by Crippen LogP contribution is -2.65. The number of aliphatic imine (C=N–C) groups is 1. The van der Waals surface area contributed by atoms with Crippen molar-refractivity contribution >= 4 is 24.9 Å². The summed E-state index contributed by atoms with van der Waals surface area (Å²) in [4.78, 5) is 40.9. The van der Waals surface area contributed by atoms with Crippen molar-refractivity contribution in [2.45, 2.75) is 90.4 Å². The van der Waals surface area contributed by atoms with Crippen LogP contribution in [0.25, 0.3) is 0 Å². The fourth-order valence-electron chi connectivity index (χ4n) is 6.76. The first kappa shape index (κ1) is 35.9. The molecule has 5 N–H and O–H groups in total. The first-order valence-electron chi connectivity index (χ1n) is 15.6. The Morgan fingerprint density at radius 2 is 1.84 bits per heavy atom. The summed E-state index contributed by atoms with van der Waals surface area (Å²) in [6, 6.07) is -0.912. The van der Waals surface area contributed by atoms with Crippen molar-refractivity contribution in [2.24, 2.45) is 33.9 Å². The van der Waals surface area contributed by atoms with Crippen molar-refractivity contribution in [1.29, 1.82) is 0 Å². The topological polar surface area (TPSA) is 198 Å². The lowest BCUT2D eigenvalue weighted by Gasteiger charge is -2.64. The van der Waals surface area contributed by atoms with Crippen LogP contribution in [0.2, 0.25) is 0 Å². The van der Waals surface area contributed by atoms with E-state index in [0.29, 0.717) is 44.5 Å². The summed E-state index contributed by atoms with van der Waals surface area (Å²) in [5.41, 5.74) is 7.05. The molecule has 0 aromatic rings. The van der Waals surface area contributed by atoms with Gasteiger partial charge in [0.25, 0.3) is 5.96 Å². The predicted molar refractivity (Wildman–Crippen MR) is 163 cm³/mol. The summed E-state index contributed by atoms with van der Waals surface area (Å²) in [5, 5.41) is 15.6. The van der Waals surface area contributed by atoms with Crippen LogP contribution in [-0.4, -0.2) is 100 Å². The molecule has 1 heterocycles. The summed E-state index contributed by atoms with van der Waals surface area (Å²) >= 11 is 0. The zero-order valence-corrected chi connectivity index (χ0v) is 27.0. The highest BCUT2D eigenvalue weighted by Crippen LogP contribution is 2.65. The molecule has 4 aliphatic rings. The molecule has 16 heteroatoms. The summed E-state index contributed by atoms with van der Waals surface area (Å²) < 4.78 is 28.8. The van der Waals surface area contributed by atoms with E-state index < -0.39 is 35.6 Å². The Balaban J connectivity index is 1.63. The van der Waals surface area contributed by atoms with Crippen LogP contribution < -0.4 is 21.8 Å². The SMILES string of the molecule is COCCOCCOCC(=O)N[C@@H](CCCN=C(N)N[N+](=O)[O-])C(=O)N[C@@H](CC(C)C)B1O[C@@H]2C[C@H]3C[C@H](C3(C)C)[C@]2(C)O1. The van der Waals surface area contributed by atoms with Gasteiger partial charge in [-0.25, -0.2) is 15.1 Å². The maximum atomic E-state index is 13.7. The molecule has 0 aromatic carbocycles. The van der Waals surface area contributed by atoms with Crippen LogP contribution in [0.5, 0.6) is 0 Å². The minimum absolute atomic E-state index is 0.0296. The van der Waals surface area contributed by atoms with Crippen molar-refractivity contribution in [3.63, 3.8) is 0 Å². The molecule has 4 fully saturated rings. The number of methoxy groups -OCH3 is 1. The molecule has 4 rings (SSSR count). The van der Waals surface area contributed by atoms with Crippen molar-refractivity contribution in [2.75, 3.05) is 46.7 Å². The summed E-state index contributed by atoms with van der Waals surface area (Å²) in [6.45, 7) is 12.1. The van der Waals surface area contributed by atoms with Gasteiger partial charge < -0.3 is 39.9 Å². The number of guanidine groups is 1. The minimum Gasteiger partial charge on any atom is -0.404 e. The normalized spacial score (nSPS) is 26.8. The molecular formula is C28H51BN6O9. The first-order valence-corrected chi connectivity index (χ1v) is 15.6. The summed E-state index contributed by atoms with van der Waals surface area (Å²) in [6.07, 6.45) is 3.19. The molecule has 6 atom stereocenters. The molecule has 3 saturated carbocycles. The molecule has 3 aliphatic carbocycles. The number of hydrogen-bond acceptors (Lipinski definition) is 10. The number of carbonyl (C=O) groups excluding carboxylic acids is 2. The van der Waals surface area contributed by atoms with Gasteiger partial charge in [-0.1, -0.05) is 33.1 Å². The quantitative estimate of drug-likeness (QED) is 0.0396. The monoisotopic (exact) mass is 626 g/mol. The van der Waals surface area contributed by atoms with Crippen molar-refractivity contribution in [3.8, 4) is 0 Å². The molecule has 2 amide bonds. The molecule has 250 valence electrons. The molecule has 0 spiro atoms. The third kappa shape index (κ3) is 9.49. The van der Waals surface area contributed by atoms with E-state index in [-0.39, 0.29) is 55.5 Å². The Bertz CT molecular complexity index is 1020. The van der Waals surface area contributed by atoms with E-state index in [2.05, 4.69) is 50.2 Å². The van der Waals surface area contributed by atoms with Crippen LogP contribution in [0.15, 0.2) is 4.99 Å². The summed E-state index contributed by atoms with van der Waals surface area (Å²) in [5.74, 6) is -0.394. The zero-order chi connectivity index (χ0) is 32.5. The number of nitrogens with zero attached hydrogens (tertiary/aromatic N) is 2. The number of nitro groups is 1. The van der Waals surface area contributed by atoms with Gasteiger partial charge in [0.2, 0.25) is 11.8 Å².